The Morgan fingerprint density at radius 3 is 2.00 bits per heavy atom. The van der Waals surface area contributed by atoms with E-state index in [1.807, 2.05) is 12.3 Å². The van der Waals surface area contributed by atoms with Crippen molar-refractivity contribution in [3.63, 3.8) is 0 Å². The van der Waals surface area contributed by atoms with Gasteiger partial charge >= 0.3 is 7.12 Å². The molecule has 2 rings (SSSR count). The highest BCUT2D eigenvalue weighted by Crippen LogP contribution is 2.62. The van der Waals surface area contributed by atoms with Crippen LogP contribution in [0.1, 0.15) is 41.5 Å². The highest BCUT2D eigenvalue weighted by atomic mass is 32.3. The van der Waals surface area contributed by atoms with Crippen molar-refractivity contribution >= 4 is 33.8 Å². The van der Waals surface area contributed by atoms with Gasteiger partial charge in [-0.2, -0.15) is 10.2 Å². The highest BCUT2D eigenvalue weighted by molar-refractivity contribution is 8.33. The molecular formula is C16H27BN2O3S. The van der Waals surface area contributed by atoms with Crippen molar-refractivity contribution in [3.05, 3.63) is 18.5 Å². The minimum atomic E-state index is -1.72. The van der Waals surface area contributed by atoms with Crippen molar-refractivity contribution < 1.29 is 15.2 Å². The molecule has 23 heavy (non-hydrogen) atoms. The Hall–Kier alpha value is -1.18. The highest BCUT2D eigenvalue weighted by Gasteiger charge is 2.38. The first kappa shape index (κ1) is 18.2. The Morgan fingerprint density at radius 2 is 1.57 bits per heavy atom. The molecule has 0 aliphatic carbocycles. The van der Waals surface area contributed by atoms with Crippen LogP contribution in [-0.4, -0.2) is 47.0 Å². The standard InChI is InChI=1S/C16H27BN2O3S/c1-10(2)23(11(3)4,12(5)6)19-8-7-13-15(17(21)22)14(20)9-18-16(13)19/h7-12,20-22H,1-6H3. The fraction of sp³-hybridized carbons (Fsp3) is 0.562. The predicted molar refractivity (Wildman–Crippen MR) is 99.6 cm³/mol. The summed E-state index contributed by atoms with van der Waals surface area (Å²) >= 11 is 0. The molecule has 128 valence electrons. The van der Waals surface area contributed by atoms with Gasteiger partial charge < -0.3 is 15.2 Å². The third-order valence-electron chi connectivity index (χ3n) is 4.57. The first-order valence-electron chi connectivity index (χ1n) is 8.01. The average molecular weight is 338 g/mol. The average Bonchev–Trinajstić information content (AvgIpc) is 2.81. The Kier molecular flexibility index (Phi) is 5.04. The summed E-state index contributed by atoms with van der Waals surface area (Å²) in [5.74, 6) is -0.190. The lowest BCUT2D eigenvalue weighted by Gasteiger charge is -2.52. The van der Waals surface area contributed by atoms with Crippen molar-refractivity contribution in [3.8, 4) is 5.75 Å². The van der Waals surface area contributed by atoms with Gasteiger partial charge in [0.05, 0.1) is 6.20 Å². The number of hydrogen-bond donors (Lipinski definition) is 3. The molecule has 0 saturated carbocycles. The smallest absolute Gasteiger partial charge is 0.493 e. The molecule has 3 N–H and O–H groups in total. The van der Waals surface area contributed by atoms with E-state index in [2.05, 4.69) is 50.5 Å². The molecule has 0 aliphatic rings. The Balaban J connectivity index is 2.84. The molecule has 2 aromatic rings. The third-order valence-corrected chi connectivity index (χ3v) is 10.1. The largest absolute Gasteiger partial charge is 0.507 e. The van der Waals surface area contributed by atoms with Crippen molar-refractivity contribution in [1.82, 2.24) is 8.96 Å². The van der Waals surface area contributed by atoms with E-state index in [0.717, 1.165) is 0 Å². The second kappa shape index (κ2) is 6.38. The van der Waals surface area contributed by atoms with E-state index in [1.165, 1.54) is 6.20 Å². The van der Waals surface area contributed by atoms with Gasteiger partial charge in [0, 0.05) is 32.8 Å². The quantitative estimate of drug-likeness (QED) is 0.731. The second-order valence-corrected chi connectivity index (χ2v) is 11.4. The SMILES string of the molecule is CC(C)S(C(C)C)(C(C)C)n1ccc2c(B(O)O)c(O)cnc21. The first-order valence-corrected chi connectivity index (χ1v) is 9.79. The second-order valence-electron chi connectivity index (χ2n) is 6.68. The van der Waals surface area contributed by atoms with E-state index in [1.54, 1.807) is 0 Å². The van der Waals surface area contributed by atoms with Gasteiger partial charge in [-0.1, -0.05) is 41.5 Å². The molecule has 0 atom stereocenters. The molecule has 0 spiro atoms. The summed E-state index contributed by atoms with van der Waals surface area (Å²) in [6.07, 6.45) is 3.29. The summed E-state index contributed by atoms with van der Waals surface area (Å²) in [4.78, 5) is 4.41. The van der Waals surface area contributed by atoms with Gasteiger partial charge in [-0.25, -0.2) is 4.98 Å². The minimum absolute atomic E-state index is 0.123. The van der Waals surface area contributed by atoms with Gasteiger partial charge in [0.1, 0.15) is 11.4 Å². The molecule has 0 fully saturated rings. The molecule has 0 amide bonds. The normalized spacial score (nSPS) is 13.5. The maximum atomic E-state index is 9.93. The Bertz CT molecular complexity index is 676. The number of hydrogen-bond acceptors (Lipinski definition) is 4. The zero-order valence-electron chi connectivity index (χ0n) is 14.7. The summed E-state index contributed by atoms with van der Waals surface area (Å²) < 4.78 is 2.23. The van der Waals surface area contributed by atoms with Crippen molar-refractivity contribution in [1.29, 1.82) is 0 Å². The van der Waals surface area contributed by atoms with Crippen LogP contribution in [0.5, 0.6) is 5.75 Å². The molecule has 0 radical (unpaired) electrons. The van der Waals surface area contributed by atoms with Crippen LogP contribution in [0.2, 0.25) is 0 Å². The molecule has 0 aliphatic heterocycles. The van der Waals surface area contributed by atoms with Gasteiger partial charge in [0.15, 0.2) is 0 Å². The molecule has 0 aromatic carbocycles. The first-order chi connectivity index (χ1) is 10.7. The monoisotopic (exact) mass is 338 g/mol. The summed E-state index contributed by atoms with van der Waals surface area (Å²) in [6.45, 7) is 13.4. The lowest BCUT2D eigenvalue weighted by atomic mass is 9.78. The summed E-state index contributed by atoms with van der Waals surface area (Å²) in [5, 5.41) is 31.1. The number of pyridine rings is 1. The Morgan fingerprint density at radius 1 is 1.04 bits per heavy atom. The molecular weight excluding hydrogens is 311 g/mol. The number of nitrogens with zero attached hydrogens (tertiary/aromatic N) is 2. The van der Waals surface area contributed by atoms with Crippen molar-refractivity contribution in [2.45, 2.75) is 57.3 Å². The van der Waals surface area contributed by atoms with E-state index < -0.39 is 17.3 Å². The number of aromatic hydroxyl groups is 1. The molecule has 0 bridgehead atoms. The fourth-order valence-corrected chi connectivity index (χ4v) is 9.26. The van der Waals surface area contributed by atoms with Crippen LogP contribution in [0.3, 0.4) is 0 Å². The lowest BCUT2D eigenvalue weighted by molar-refractivity contribution is 0.420. The van der Waals surface area contributed by atoms with E-state index >= 15 is 0 Å². The number of rotatable bonds is 5. The topological polar surface area (TPSA) is 78.5 Å². The van der Waals surface area contributed by atoms with Crippen LogP contribution < -0.4 is 5.46 Å². The van der Waals surface area contributed by atoms with Gasteiger partial charge in [-0.15, -0.1) is 0 Å². The van der Waals surface area contributed by atoms with Crippen LogP contribution in [-0.2, 0) is 0 Å². The van der Waals surface area contributed by atoms with Gasteiger partial charge in [0.25, 0.3) is 0 Å². The summed E-state index contributed by atoms with van der Waals surface area (Å²) in [6, 6.07) is 1.83. The zero-order chi connectivity index (χ0) is 17.5. The summed E-state index contributed by atoms with van der Waals surface area (Å²) in [7, 11) is -2.98. The molecule has 0 saturated heterocycles. The van der Waals surface area contributed by atoms with Gasteiger partial charge in [0.2, 0.25) is 0 Å². The van der Waals surface area contributed by atoms with Crippen LogP contribution in [0, 0.1) is 0 Å². The molecule has 2 heterocycles. The zero-order valence-corrected chi connectivity index (χ0v) is 15.5. The van der Waals surface area contributed by atoms with Crippen LogP contribution in [0.25, 0.3) is 11.0 Å². The number of fused-ring (bicyclic) bond motifs is 1. The van der Waals surface area contributed by atoms with E-state index in [-0.39, 0.29) is 11.2 Å². The molecule has 5 nitrogen and oxygen atoms in total. The maximum Gasteiger partial charge on any atom is 0.493 e. The maximum absolute atomic E-state index is 9.93. The predicted octanol–water partition coefficient (Wildman–Crippen LogP) is 2.21. The number of aromatic nitrogens is 2. The van der Waals surface area contributed by atoms with Crippen molar-refractivity contribution in [2.24, 2.45) is 0 Å². The molecule has 2 aromatic heterocycles. The minimum Gasteiger partial charge on any atom is -0.507 e. The van der Waals surface area contributed by atoms with Crippen molar-refractivity contribution in [2.75, 3.05) is 0 Å². The van der Waals surface area contributed by atoms with E-state index in [9.17, 15) is 15.2 Å². The molecule has 0 unspecified atom stereocenters. The van der Waals surface area contributed by atoms with E-state index in [0.29, 0.717) is 26.8 Å². The van der Waals surface area contributed by atoms with Crippen LogP contribution in [0.4, 0.5) is 0 Å². The molecule has 7 heteroatoms. The van der Waals surface area contributed by atoms with Gasteiger partial charge in [-0.3, -0.25) is 3.97 Å². The van der Waals surface area contributed by atoms with Crippen LogP contribution in [0.15, 0.2) is 18.5 Å². The third kappa shape index (κ3) is 2.64. The van der Waals surface area contributed by atoms with E-state index in [4.69, 9.17) is 0 Å². The summed E-state index contributed by atoms with van der Waals surface area (Å²) in [5.41, 5.74) is 0.829. The lowest BCUT2D eigenvalue weighted by Crippen LogP contribution is -2.34. The van der Waals surface area contributed by atoms with Gasteiger partial charge in [-0.05, 0) is 6.07 Å². The van der Waals surface area contributed by atoms with Crippen LogP contribution >= 0.6 is 10.2 Å². The Labute approximate surface area is 140 Å². The fourth-order valence-electron chi connectivity index (χ4n) is 3.91.